The number of thiophene rings is 1. The quantitative estimate of drug-likeness (QED) is 0.855. The van der Waals surface area contributed by atoms with Gasteiger partial charge in [-0.2, -0.15) is 0 Å². The molecule has 0 saturated heterocycles. The van der Waals surface area contributed by atoms with Gasteiger partial charge < -0.3 is 10.0 Å². The lowest BCUT2D eigenvalue weighted by Gasteiger charge is -2.32. The van der Waals surface area contributed by atoms with Crippen LogP contribution in [0.1, 0.15) is 67.5 Å². The Morgan fingerprint density at radius 2 is 1.96 bits per heavy atom. The molecule has 26 heavy (non-hydrogen) atoms. The Hall–Kier alpha value is -1.04. The first-order chi connectivity index (χ1) is 12.5. The van der Waals surface area contributed by atoms with Crippen LogP contribution in [0.3, 0.4) is 0 Å². The van der Waals surface area contributed by atoms with Gasteiger partial charge in [-0.05, 0) is 89.8 Å². The van der Waals surface area contributed by atoms with Gasteiger partial charge >= 0.3 is 0 Å². The predicted molar refractivity (Wildman–Crippen MR) is 108 cm³/mol. The normalized spacial score (nSPS) is 27.2. The zero-order valence-corrected chi connectivity index (χ0v) is 17.1. The first kappa shape index (κ1) is 18.3. The highest BCUT2D eigenvalue weighted by molar-refractivity contribution is 7.18. The summed E-state index contributed by atoms with van der Waals surface area (Å²) in [6.07, 6.45) is 11.0. The Balaban J connectivity index is 1.58. The van der Waals surface area contributed by atoms with Gasteiger partial charge in [0.15, 0.2) is 0 Å². The van der Waals surface area contributed by atoms with Crippen LogP contribution in [0.5, 0.6) is 0 Å². The second-order valence-electron chi connectivity index (χ2n) is 8.60. The molecule has 1 N–H and O–H groups in total. The Morgan fingerprint density at radius 3 is 2.65 bits per heavy atom. The third kappa shape index (κ3) is 3.54. The van der Waals surface area contributed by atoms with E-state index in [2.05, 4.69) is 24.0 Å². The smallest absolute Gasteiger partial charge is 0.127 e. The molecule has 2 aromatic heterocycles. The van der Waals surface area contributed by atoms with Crippen LogP contribution in [0.15, 0.2) is 6.33 Å². The number of aryl methyl sites for hydroxylation is 1. The Morgan fingerprint density at radius 1 is 1.19 bits per heavy atom. The molecule has 2 aliphatic rings. The highest BCUT2D eigenvalue weighted by atomic mass is 32.1. The molecule has 0 aliphatic heterocycles. The molecule has 1 fully saturated rings. The summed E-state index contributed by atoms with van der Waals surface area (Å²) in [5.41, 5.74) is 2.74. The van der Waals surface area contributed by atoms with E-state index >= 15 is 0 Å². The number of aromatic nitrogens is 2. The molecule has 2 aromatic rings. The van der Waals surface area contributed by atoms with Crippen LogP contribution in [0.2, 0.25) is 0 Å². The SMILES string of the molecule is C[C@H](O)C[C@H]1CCc2sc3ncnc(C[C@H]4CC[C@H](N(C)C)CC4)c3c21. The third-order valence-electron chi connectivity index (χ3n) is 6.46. The fourth-order valence-corrected chi connectivity index (χ4v) is 6.33. The van der Waals surface area contributed by atoms with E-state index in [9.17, 15) is 5.11 Å². The lowest BCUT2D eigenvalue weighted by molar-refractivity contribution is 0.174. The first-order valence-electron chi connectivity index (χ1n) is 10.1. The summed E-state index contributed by atoms with van der Waals surface area (Å²) in [6, 6.07) is 0.748. The van der Waals surface area contributed by atoms with Crippen molar-refractivity contribution in [3.8, 4) is 0 Å². The molecule has 2 aliphatic carbocycles. The summed E-state index contributed by atoms with van der Waals surface area (Å²) in [5.74, 6) is 1.23. The maximum absolute atomic E-state index is 9.92. The minimum Gasteiger partial charge on any atom is -0.393 e. The monoisotopic (exact) mass is 373 g/mol. The fourth-order valence-electron chi connectivity index (χ4n) is 5.07. The number of nitrogens with zero attached hydrogens (tertiary/aromatic N) is 3. The lowest BCUT2D eigenvalue weighted by Crippen LogP contribution is -2.32. The van der Waals surface area contributed by atoms with Gasteiger partial charge in [0.25, 0.3) is 0 Å². The van der Waals surface area contributed by atoms with E-state index in [0.29, 0.717) is 5.92 Å². The molecule has 142 valence electrons. The van der Waals surface area contributed by atoms with Crippen molar-refractivity contribution in [2.75, 3.05) is 14.1 Å². The third-order valence-corrected chi connectivity index (χ3v) is 7.64. The van der Waals surface area contributed by atoms with E-state index in [4.69, 9.17) is 4.98 Å². The summed E-state index contributed by atoms with van der Waals surface area (Å²) < 4.78 is 0. The van der Waals surface area contributed by atoms with Crippen LogP contribution in [-0.4, -0.2) is 46.2 Å². The zero-order valence-electron chi connectivity index (χ0n) is 16.2. The minimum atomic E-state index is -0.240. The van der Waals surface area contributed by atoms with Crippen molar-refractivity contribution in [2.45, 2.75) is 76.4 Å². The van der Waals surface area contributed by atoms with E-state index in [-0.39, 0.29) is 6.10 Å². The van der Waals surface area contributed by atoms with Gasteiger partial charge in [0.2, 0.25) is 0 Å². The molecule has 0 aromatic carbocycles. The van der Waals surface area contributed by atoms with E-state index < -0.39 is 0 Å². The van der Waals surface area contributed by atoms with Crippen molar-refractivity contribution in [2.24, 2.45) is 5.92 Å². The number of aliphatic hydroxyl groups is 1. The molecular weight excluding hydrogens is 342 g/mol. The summed E-state index contributed by atoms with van der Waals surface area (Å²) in [7, 11) is 4.41. The van der Waals surface area contributed by atoms with Gasteiger partial charge in [-0.25, -0.2) is 9.97 Å². The van der Waals surface area contributed by atoms with Gasteiger partial charge in [-0.1, -0.05) is 0 Å². The average molecular weight is 374 g/mol. The standard InChI is InChI=1S/C21H31N3OS/c1-13(25)10-15-6-9-18-19(15)20-17(22-12-23-21(20)26-18)11-14-4-7-16(8-5-14)24(2)3/h12-16,25H,4-11H2,1-3H3/t13-,14-,15+,16-/m0/s1. The number of rotatable bonds is 5. The summed E-state index contributed by atoms with van der Waals surface area (Å²) in [4.78, 5) is 14.4. The molecule has 5 heteroatoms. The maximum Gasteiger partial charge on any atom is 0.127 e. The van der Waals surface area contributed by atoms with Crippen molar-refractivity contribution in [3.63, 3.8) is 0 Å². The molecule has 4 nitrogen and oxygen atoms in total. The van der Waals surface area contributed by atoms with E-state index in [1.807, 2.05) is 18.3 Å². The topological polar surface area (TPSA) is 49.3 Å². The molecule has 1 saturated carbocycles. The molecule has 2 atom stereocenters. The van der Waals surface area contributed by atoms with E-state index in [0.717, 1.165) is 36.1 Å². The Labute approximate surface area is 160 Å². The van der Waals surface area contributed by atoms with Gasteiger partial charge in [-0.3, -0.25) is 0 Å². The average Bonchev–Trinajstić information content (AvgIpc) is 3.15. The molecule has 2 heterocycles. The largest absolute Gasteiger partial charge is 0.393 e. The second kappa shape index (κ2) is 7.53. The van der Waals surface area contributed by atoms with Gasteiger partial charge in [0, 0.05) is 16.3 Å². The number of hydrogen-bond donors (Lipinski definition) is 1. The van der Waals surface area contributed by atoms with E-state index in [1.54, 1.807) is 6.33 Å². The number of aliphatic hydroxyl groups excluding tert-OH is 1. The van der Waals surface area contributed by atoms with Crippen molar-refractivity contribution in [1.82, 2.24) is 14.9 Å². The van der Waals surface area contributed by atoms with Gasteiger partial charge in [0.05, 0.1) is 11.8 Å². The second-order valence-corrected chi connectivity index (χ2v) is 9.69. The van der Waals surface area contributed by atoms with Gasteiger partial charge in [0.1, 0.15) is 11.2 Å². The molecule has 0 bridgehead atoms. The number of fused-ring (bicyclic) bond motifs is 3. The van der Waals surface area contributed by atoms with Crippen LogP contribution in [0, 0.1) is 5.92 Å². The van der Waals surface area contributed by atoms with Crippen LogP contribution in [0.25, 0.3) is 10.2 Å². The van der Waals surface area contributed by atoms with Crippen molar-refractivity contribution >= 4 is 21.6 Å². The molecule has 0 spiro atoms. The Bertz CT molecular complexity index is 762. The van der Waals surface area contributed by atoms with Gasteiger partial charge in [-0.15, -0.1) is 11.3 Å². The number of hydrogen-bond acceptors (Lipinski definition) is 5. The zero-order chi connectivity index (χ0) is 18.3. The molecule has 4 rings (SSSR count). The molecular formula is C21H31N3OS. The Kier molecular flexibility index (Phi) is 5.31. The molecule has 0 amide bonds. The molecule has 0 unspecified atom stereocenters. The molecule has 0 radical (unpaired) electrons. The first-order valence-corrected chi connectivity index (χ1v) is 10.9. The van der Waals surface area contributed by atoms with Crippen molar-refractivity contribution < 1.29 is 5.11 Å². The highest BCUT2D eigenvalue weighted by Crippen LogP contribution is 2.46. The minimum absolute atomic E-state index is 0.240. The highest BCUT2D eigenvalue weighted by Gasteiger charge is 2.31. The maximum atomic E-state index is 9.92. The van der Waals surface area contributed by atoms with Crippen LogP contribution in [-0.2, 0) is 12.8 Å². The summed E-state index contributed by atoms with van der Waals surface area (Å²) in [6.45, 7) is 1.91. The summed E-state index contributed by atoms with van der Waals surface area (Å²) in [5, 5.41) is 11.3. The van der Waals surface area contributed by atoms with Crippen molar-refractivity contribution in [1.29, 1.82) is 0 Å². The fraction of sp³-hybridized carbons (Fsp3) is 0.714. The summed E-state index contributed by atoms with van der Waals surface area (Å²) >= 11 is 1.86. The van der Waals surface area contributed by atoms with Crippen LogP contribution < -0.4 is 0 Å². The van der Waals surface area contributed by atoms with Crippen molar-refractivity contribution in [3.05, 3.63) is 22.5 Å². The lowest BCUT2D eigenvalue weighted by atomic mass is 9.82. The van der Waals surface area contributed by atoms with Crippen LogP contribution >= 0.6 is 11.3 Å². The van der Waals surface area contributed by atoms with Crippen LogP contribution in [0.4, 0.5) is 0 Å². The predicted octanol–water partition coefficient (Wildman–Crippen LogP) is 4.15. The van der Waals surface area contributed by atoms with E-state index in [1.165, 1.54) is 53.6 Å².